The van der Waals surface area contributed by atoms with Crippen LogP contribution in [0.25, 0.3) is 0 Å². The standard InChI is InChI=1S/C11H20N4O.ClH/c1-8(11(2)4-5-11)15(3)7-9-13-10(6-12)16-14-9;/h8H,4-7,12H2,1-3H3;1H. The predicted octanol–water partition coefficient (Wildman–Crippen LogP) is 1.57. The SMILES string of the molecule is CC(N(C)Cc1noc(CN)n1)C1(C)CC1.Cl. The summed E-state index contributed by atoms with van der Waals surface area (Å²) in [7, 11) is 2.10. The Morgan fingerprint density at radius 3 is 2.65 bits per heavy atom. The van der Waals surface area contributed by atoms with E-state index in [4.69, 9.17) is 10.3 Å². The Balaban J connectivity index is 0.00000144. The Bertz CT molecular complexity index is 364. The van der Waals surface area contributed by atoms with E-state index in [-0.39, 0.29) is 12.4 Å². The fourth-order valence-corrected chi connectivity index (χ4v) is 1.94. The van der Waals surface area contributed by atoms with Gasteiger partial charge in [0.15, 0.2) is 5.82 Å². The summed E-state index contributed by atoms with van der Waals surface area (Å²) >= 11 is 0. The molecule has 0 bridgehead atoms. The Morgan fingerprint density at radius 2 is 2.18 bits per heavy atom. The van der Waals surface area contributed by atoms with Crippen LogP contribution in [-0.2, 0) is 13.1 Å². The van der Waals surface area contributed by atoms with Crippen molar-refractivity contribution in [2.24, 2.45) is 11.1 Å². The molecule has 98 valence electrons. The first-order valence-electron chi connectivity index (χ1n) is 5.77. The van der Waals surface area contributed by atoms with Gasteiger partial charge in [0, 0.05) is 6.04 Å². The van der Waals surface area contributed by atoms with Gasteiger partial charge in [-0.1, -0.05) is 12.1 Å². The molecule has 1 heterocycles. The Kier molecular flexibility index (Phi) is 4.52. The van der Waals surface area contributed by atoms with Gasteiger partial charge in [-0.3, -0.25) is 4.90 Å². The van der Waals surface area contributed by atoms with Crippen molar-refractivity contribution in [2.75, 3.05) is 7.05 Å². The molecule has 2 rings (SSSR count). The van der Waals surface area contributed by atoms with E-state index in [0.29, 0.717) is 23.9 Å². The molecule has 0 aliphatic heterocycles. The third-order valence-electron chi connectivity index (χ3n) is 3.78. The van der Waals surface area contributed by atoms with E-state index >= 15 is 0 Å². The van der Waals surface area contributed by atoms with Gasteiger partial charge in [-0.25, -0.2) is 0 Å². The number of rotatable bonds is 5. The molecule has 1 aliphatic carbocycles. The zero-order valence-electron chi connectivity index (χ0n) is 10.6. The molecule has 0 saturated heterocycles. The smallest absolute Gasteiger partial charge is 0.240 e. The van der Waals surface area contributed by atoms with E-state index < -0.39 is 0 Å². The molecule has 0 spiro atoms. The molecular weight excluding hydrogens is 240 g/mol. The van der Waals surface area contributed by atoms with Gasteiger partial charge < -0.3 is 10.3 Å². The quantitative estimate of drug-likeness (QED) is 0.870. The van der Waals surface area contributed by atoms with Crippen LogP contribution in [0.15, 0.2) is 4.52 Å². The fourth-order valence-electron chi connectivity index (χ4n) is 1.94. The van der Waals surface area contributed by atoms with Gasteiger partial charge in [-0.2, -0.15) is 4.98 Å². The lowest BCUT2D eigenvalue weighted by Gasteiger charge is -2.28. The number of hydrogen-bond acceptors (Lipinski definition) is 5. The maximum atomic E-state index is 5.42. The topological polar surface area (TPSA) is 68.2 Å². The lowest BCUT2D eigenvalue weighted by Crippen LogP contribution is -2.35. The monoisotopic (exact) mass is 260 g/mol. The van der Waals surface area contributed by atoms with Crippen molar-refractivity contribution in [2.45, 2.75) is 45.8 Å². The van der Waals surface area contributed by atoms with Crippen LogP contribution in [0.5, 0.6) is 0 Å². The van der Waals surface area contributed by atoms with Crippen molar-refractivity contribution in [3.8, 4) is 0 Å². The third-order valence-corrected chi connectivity index (χ3v) is 3.78. The van der Waals surface area contributed by atoms with Crippen molar-refractivity contribution in [3.05, 3.63) is 11.7 Å². The van der Waals surface area contributed by atoms with E-state index in [1.807, 2.05) is 0 Å². The van der Waals surface area contributed by atoms with Gasteiger partial charge in [0.05, 0.1) is 13.1 Å². The average molecular weight is 261 g/mol. The summed E-state index contributed by atoms with van der Waals surface area (Å²) in [5.41, 5.74) is 5.90. The van der Waals surface area contributed by atoms with Crippen LogP contribution >= 0.6 is 12.4 Å². The second kappa shape index (κ2) is 5.33. The summed E-state index contributed by atoms with van der Waals surface area (Å²) in [6.45, 7) is 5.62. The highest BCUT2D eigenvalue weighted by Crippen LogP contribution is 2.49. The molecule has 5 nitrogen and oxygen atoms in total. The van der Waals surface area contributed by atoms with Gasteiger partial charge in [-0.05, 0) is 32.2 Å². The first-order valence-corrected chi connectivity index (χ1v) is 5.77. The molecule has 2 N–H and O–H groups in total. The van der Waals surface area contributed by atoms with Gasteiger partial charge in [0.1, 0.15) is 0 Å². The molecule has 1 aliphatic rings. The van der Waals surface area contributed by atoms with Crippen LogP contribution in [0.1, 0.15) is 38.4 Å². The van der Waals surface area contributed by atoms with Crippen LogP contribution in [0, 0.1) is 5.41 Å². The summed E-state index contributed by atoms with van der Waals surface area (Å²) in [6, 6.07) is 0.548. The normalized spacial score (nSPS) is 18.9. The zero-order chi connectivity index (χ0) is 11.8. The summed E-state index contributed by atoms with van der Waals surface area (Å²) in [6.07, 6.45) is 2.64. The number of halogens is 1. The average Bonchev–Trinajstić information content (AvgIpc) is 2.86. The number of aromatic nitrogens is 2. The van der Waals surface area contributed by atoms with E-state index in [0.717, 1.165) is 12.4 Å². The van der Waals surface area contributed by atoms with Gasteiger partial charge >= 0.3 is 0 Å². The van der Waals surface area contributed by atoms with Gasteiger partial charge in [-0.15, -0.1) is 12.4 Å². The molecule has 0 radical (unpaired) electrons. The third kappa shape index (κ3) is 3.18. The van der Waals surface area contributed by atoms with Crippen molar-refractivity contribution in [1.29, 1.82) is 0 Å². The highest BCUT2D eigenvalue weighted by Gasteiger charge is 2.44. The lowest BCUT2D eigenvalue weighted by molar-refractivity contribution is 0.172. The maximum absolute atomic E-state index is 5.42. The Morgan fingerprint density at radius 1 is 1.53 bits per heavy atom. The summed E-state index contributed by atoms with van der Waals surface area (Å²) in [4.78, 5) is 6.49. The molecule has 6 heteroatoms. The van der Waals surface area contributed by atoms with Gasteiger partial charge in [0.2, 0.25) is 5.89 Å². The minimum Gasteiger partial charge on any atom is -0.338 e. The Labute approximate surface area is 108 Å². The first-order chi connectivity index (χ1) is 7.55. The zero-order valence-corrected chi connectivity index (χ0v) is 11.5. The number of nitrogens with two attached hydrogens (primary N) is 1. The summed E-state index contributed by atoms with van der Waals surface area (Å²) in [5, 5.41) is 3.90. The molecule has 0 amide bonds. The molecular formula is C11H21ClN4O. The maximum Gasteiger partial charge on any atom is 0.240 e. The molecule has 1 saturated carbocycles. The molecule has 1 aromatic heterocycles. The molecule has 1 fully saturated rings. The fraction of sp³-hybridized carbons (Fsp3) is 0.818. The summed E-state index contributed by atoms with van der Waals surface area (Å²) in [5.74, 6) is 1.23. The second-order valence-corrected chi connectivity index (χ2v) is 5.05. The Hall–Kier alpha value is -0.650. The second-order valence-electron chi connectivity index (χ2n) is 5.05. The van der Waals surface area contributed by atoms with Crippen LogP contribution in [-0.4, -0.2) is 28.1 Å². The van der Waals surface area contributed by atoms with Crippen LogP contribution < -0.4 is 5.73 Å². The molecule has 17 heavy (non-hydrogen) atoms. The van der Waals surface area contributed by atoms with E-state index in [1.165, 1.54) is 12.8 Å². The predicted molar refractivity (Wildman–Crippen MR) is 67.7 cm³/mol. The van der Waals surface area contributed by atoms with Crippen LogP contribution in [0.4, 0.5) is 0 Å². The van der Waals surface area contributed by atoms with E-state index in [9.17, 15) is 0 Å². The van der Waals surface area contributed by atoms with E-state index in [2.05, 4.69) is 35.9 Å². The van der Waals surface area contributed by atoms with Gasteiger partial charge in [0.25, 0.3) is 0 Å². The summed E-state index contributed by atoms with van der Waals surface area (Å²) < 4.78 is 4.98. The largest absolute Gasteiger partial charge is 0.338 e. The van der Waals surface area contributed by atoms with Crippen LogP contribution in [0.3, 0.4) is 0 Å². The molecule has 0 aromatic carbocycles. The van der Waals surface area contributed by atoms with E-state index in [1.54, 1.807) is 0 Å². The lowest BCUT2D eigenvalue weighted by atomic mass is 10.00. The minimum atomic E-state index is 0. The molecule has 1 atom stereocenters. The minimum absolute atomic E-state index is 0. The highest BCUT2D eigenvalue weighted by molar-refractivity contribution is 5.85. The highest BCUT2D eigenvalue weighted by atomic mass is 35.5. The van der Waals surface area contributed by atoms with Crippen molar-refractivity contribution < 1.29 is 4.52 Å². The number of hydrogen-bond donors (Lipinski definition) is 1. The first kappa shape index (κ1) is 14.4. The van der Waals surface area contributed by atoms with Crippen molar-refractivity contribution in [3.63, 3.8) is 0 Å². The molecule has 1 unspecified atom stereocenters. The van der Waals surface area contributed by atoms with Crippen LogP contribution in [0.2, 0.25) is 0 Å². The molecule has 1 aromatic rings. The van der Waals surface area contributed by atoms with Crippen molar-refractivity contribution >= 4 is 12.4 Å². The van der Waals surface area contributed by atoms with Crippen molar-refractivity contribution in [1.82, 2.24) is 15.0 Å². The number of nitrogens with zero attached hydrogens (tertiary/aromatic N) is 3.